The number of nitrogens with one attached hydrogen (secondary N) is 1. The Kier molecular flexibility index (Phi) is 5.77. The highest BCUT2D eigenvalue weighted by Crippen LogP contribution is 2.11. The summed E-state index contributed by atoms with van der Waals surface area (Å²) >= 11 is 0. The SMILES string of the molecule is CCN(CC)Cc1ccc(C(=O)N[C@H](C)Cn2cccn2)o1. The average Bonchev–Trinajstić information content (AvgIpc) is 3.16. The van der Waals surface area contributed by atoms with Gasteiger partial charge in [-0.05, 0) is 38.2 Å². The second-order valence-electron chi connectivity index (χ2n) is 5.33. The molecule has 22 heavy (non-hydrogen) atoms. The molecule has 0 bridgehead atoms. The van der Waals surface area contributed by atoms with E-state index in [0.717, 1.165) is 25.4 Å². The molecule has 0 aliphatic rings. The molecule has 6 nitrogen and oxygen atoms in total. The largest absolute Gasteiger partial charge is 0.455 e. The van der Waals surface area contributed by atoms with E-state index in [4.69, 9.17) is 4.42 Å². The maximum atomic E-state index is 12.2. The lowest BCUT2D eigenvalue weighted by Crippen LogP contribution is -2.35. The standard InChI is InChI=1S/C16H24N4O2/c1-4-19(5-2)12-14-7-8-15(22-14)16(21)18-13(3)11-20-10-6-9-17-20/h6-10,13H,4-5,11-12H2,1-3H3,(H,18,21)/t13-/m1/s1. The fourth-order valence-corrected chi connectivity index (χ4v) is 2.28. The molecule has 0 unspecified atom stereocenters. The van der Waals surface area contributed by atoms with Gasteiger partial charge in [-0.15, -0.1) is 0 Å². The highest BCUT2D eigenvalue weighted by atomic mass is 16.4. The summed E-state index contributed by atoms with van der Waals surface area (Å²) < 4.78 is 7.43. The third kappa shape index (κ3) is 4.46. The Labute approximate surface area is 131 Å². The van der Waals surface area contributed by atoms with E-state index < -0.39 is 0 Å². The topological polar surface area (TPSA) is 63.3 Å². The lowest BCUT2D eigenvalue weighted by Gasteiger charge is -2.16. The number of amides is 1. The molecule has 1 atom stereocenters. The van der Waals surface area contributed by atoms with Gasteiger partial charge in [0, 0.05) is 18.4 Å². The van der Waals surface area contributed by atoms with Gasteiger partial charge in [-0.2, -0.15) is 5.10 Å². The summed E-state index contributed by atoms with van der Waals surface area (Å²) in [6.45, 7) is 9.43. The molecule has 6 heteroatoms. The van der Waals surface area contributed by atoms with Crippen molar-refractivity contribution in [1.29, 1.82) is 0 Å². The Hall–Kier alpha value is -2.08. The van der Waals surface area contributed by atoms with Crippen LogP contribution in [0.1, 0.15) is 37.1 Å². The third-order valence-electron chi connectivity index (χ3n) is 3.56. The second-order valence-corrected chi connectivity index (χ2v) is 5.33. The van der Waals surface area contributed by atoms with Crippen molar-refractivity contribution in [2.24, 2.45) is 0 Å². The maximum Gasteiger partial charge on any atom is 0.287 e. The van der Waals surface area contributed by atoms with E-state index in [-0.39, 0.29) is 11.9 Å². The summed E-state index contributed by atoms with van der Waals surface area (Å²) in [5, 5.41) is 7.05. The normalized spacial score (nSPS) is 12.5. The summed E-state index contributed by atoms with van der Waals surface area (Å²) in [5.74, 6) is 0.980. The fraction of sp³-hybridized carbons (Fsp3) is 0.500. The first-order valence-electron chi connectivity index (χ1n) is 7.71. The minimum atomic E-state index is -0.189. The molecule has 0 aliphatic heterocycles. The zero-order valence-electron chi connectivity index (χ0n) is 13.5. The van der Waals surface area contributed by atoms with Gasteiger partial charge in [-0.1, -0.05) is 13.8 Å². The van der Waals surface area contributed by atoms with Gasteiger partial charge in [0.25, 0.3) is 5.91 Å². The van der Waals surface area contributed by atoms with Crippen molar-refractivity contribution in [3.05, 3.63) is 42.1 Å². The van der Waals surface area contributed by atoms with Crippen LogP contribution in [0.4, 0.5) is 0 Å². The highest BCUT2D eigenvalue weighted by molar-refractivity contribution is 5.91. The van der Waals surface area contributed by atoms with Gasteiger partial charge < -0.3 is 9.73 Å². The van der Waals surface area contributed by atoms with Crippen LogP contribution in [0.25, 0.3) is 0 Å². The number of hydrogen-bond acceptors (Lipinski definition) is 4. The number of hydrogen-bond donors (Lipinski definition) is 1. The first kappa shape index (κ1) is 16.3. The van der Waals surface area contributed by atoms with E-state index in [0.29, 0.717) is 12.3 Å². The highest BCUT2D eigenvalue weighted by Gasteiger charge is 2.15. The van der Waals surface area contributed by atoms with Gasteiger partial charge in [0.2, 0.25) is 0 Å². The molecule has 2 aromatic heterocycles. The van der Waals surface area contributed by atoms with Crippen LogP contribution < -0.4 is 5.32 Å². The number of furan rings is 1. The van der Waals surface area contributed by atoms with Crippen molar-refractivity contribution < 1.29 is 9.21 Å². The van der Waals surface area contributed by atoms with Gasteiger partial charge >= 0.3 is 0 Å². The molecule has 1 amide bonds. The quantitative estimate of drug-likeness (QED) is 0.811. The summed E-state index contributed by atoms with van der Waals surface area (Å²) in [5.41, 5.74) is 0. The predicted molar refractivity (Wildman–Crippen MR) is 84.5 cm³/mol. The Bertz CT molecular complexity index is 573. The Morgan fingerprint density at radius 3 is 2.82 bits per heavy atom. The molecule has 120 valence electrons. The van der Waals surface area contributed by atoms with Crippen LogP contribution in [0.2, 0.25) is 0 Å². The molecule has 0 aromatic carbocycles. The zero-order valence-corrected chi connectivity index (χ0v) is 13.5. The molecule has 2 heterocycles. The number of carbonyl (C=O) groups is 1. The van der Waals surface area contributed by atoms with Crippen molar-refractivity contribution in [2.45, 2.75) is 39.9 Å². The fourth-order valence-electron chi connectivity index (χ4n) is 2.28. The van der Waals surface area contributed by atoms with Crippen molar-refractivity contribution >= 4 is 5.91 Å². The van der Waals surface area contributed by atoms with Gasteiger partial charge in [-0.25, -0.2) is 0 Å². The van der Waals surface area contributed by atoms with Crippen molar-refractivity contribution in [3.63, 3.8) is 0 Å². The number of carbonyl (C=O) groups excluding carboxylic acids is 1. The summed E-state index contributed by atoms with van der Waals surface area (Å²) in [7, 11) is 0. The van der Waals surface area contributed by atoms with E-state index >= 15 is 0 Å². The molecule has 1 N–H and O–H groups in total. The van der Waals surface area contributed by atoms with E-state index in [2.05, 4.69) is 29.2 Å². The zero-order chi connectivity index (χ0) is 15.9. The molecule has 0 fully saturated rings. The molecule has 2 rings (SSSR count). The molecular weight excluding hydrogens is 280 g/mol. The summed E-state index contributed by atoms with van der Waals surface area (Å²) in [6.07, 6.45) is 3.60. The van der Waals surface area contributed by atoms with Gasteiger partial charge in [-0.3, -0.25) is 14.4 Å². The molecule has 0 saturated carbocycles. The molecule has 0 saturated heterocycles. The molecule has 0 spiro atoms. The van der Waals surface area contributed by atoms with Gasteiger partial charge in [0.05, 0.1) is 13.1 Å². The van der Waals surface area contributed by atoms with Crippen LogP contribution >= 0.6 is 0 Å². The van der Waals surface area contributed by atoms with Crippen molar-refractivity contribution in [2.75, 3.05) is 13.1 Å². The lowest BCUT2D eigenvalue weighted by atomic mass is 10.3. The Morgan fingerprint density at radius 2 is 2.18 bits per heavy atom. The minimum absolute atomic E-state index is 0.0243. The lowest BCUT2D eigenvalue weighted by molar-refractivity contribution is 0.0904. The van der Waals surface area contributed by atoms with Crippen molar-refractivity contribution in [3.8, 4) is 0 Å². The number of aromatic nitrogens is 2. The van der Waals surface area contributed by atoms with Crippen LogP contribution in [-0.2, 0) is 13.1 Å². The van der Waals surface area contributed by atoms with Crippen LogP contribution in [0.3, 0.4) is 0 Å². The molecule has 2 aromatic rings. The van der Waals surface area contributed by atoms with Gasteiger partial charge in [0.1, 0.15) is 5.76 Å². The maximum absolute atomic E-state index is 12.2. The van der Waals surface area contributed by atoms with E-state index in [1.54, 1.807) is 16.9 Å². The first-order chi connectivity index (χ1) is 10.6. The van der Waals surface area contributed by atoms with Crippen LogP contribution in [0, 0.1) is 0 Å². The van der Waals surface area contributed by atoms with Crippen LogP contribution in [0.5, 0.6) is 0 Å². The second kappa shape index (κ2) is 7.79. The van der Waals surface area contributed by atoms with Crippen molar-refractivity contribution in [1.82, 2.24) is 20.0 Å². The summed E-state index contributed by atoms with van der Waals surface area (Å²) in [6, 6.07) is 5.43. The molecule has 0 aliphatic carbocycles. The molecular formula is C16H24N4O2. The minimum Gasteiger partial charge on any atom is -0.455 e. The summed E-state index contributed by atoms with van der Waals surface area (Å²) in [4.78, 5) is 14.4. The Balaban J connectivity index is 1.88. The van der Waals surface area contributed by atoms with Gasteiger partial charge in [0.15, 0.2) is 5.76 Å². The van der Waals surface area contributed by atoms with Crippen LogP contribution in [0.15, 0.2) is 35.0 Å². The smallest absolute Gasteiger partial charge is 0.287 e. The van der Waals surface area contributed by atoms with Crippen LogP contribution in [-0.4, -0.2) is 39.7 Å². The number of nitrogens with zero attached hydrogens (tertiary/aromatic N) is 3. The predicted octanol–water partition coefficient (Wildman–Crippen LogP) is 2.14. The van der Waals surface area contributed by atoms with E-state index in [1.807, 2.05) is 25.3 Å². The first-order valence-corrected chi connectivity index (χ1v) is 7.71. The third-order valence-corrected chi connectivity index (χ3v) is 3.56. The number of rotatable bonds is 8. The Morgan fingerprint density at radius 1 is 1.41 bits per heavy atom. The van der Waals surface area contributed by atoms with E-state index in [1.165, 1.54) is 0 Å². The monoisotopic (exact) mass is 304 g/mol. The average molecular weight is 304 g/mol. The molecule has 0 radical (unpaired) electrons. The van der Waals surface area contributed by atoms with E-state index in [9.17, 15) is 4.79 Å².